The zero-order valence-corrected chi connectivity index (χ0v) is 19.4. The monoisotopic (exact) mass is 463 g/mol. The smallest absolute Gasteiger partial charge is 0.261 e. The molecule has 3 aromatic carbocycles. The van der Waals surface area contributed by atoms with E-state index in [-0.39, 0.29) is 10.8 Å². The summed E-state index contributed by atoms with van der Waals surface area (Å²) in [5.41, 5.74) is 3.13. The molecule has 170 valence electrons. The van der Waals surface area contributed by atoms with Gasteiger partial charge in [-0.3, -0.25) is 9.52 Å². The highest BCUT2D eigenvalue weighted by molar-refractivity contribution is 7.92. The Morgan fingerprint density at radius 2 is 1.79 bits per heavy atom. The third-order valence-electron chi connectivity index (χ3n) is 6.17. The zero-order valence-electron chi connectivity index (χ0n) is 18.5. The lowest BCUT2D eigenvalue weighted by molar-refractivity contribution is -0.117. The number of ether oxygens (including phenoxy) is 1. The lowest BCUT2D eigenvalue weighted by Gasteiger charge is -2.20. The maximum atomic E-state index is 13.3. The Balaban J connectivity index is 1.54. The van der Waals surface area contributed by atoms with Crippen LogP contribution in [0.2, 0.25) is 0 Å². The Kier molecular flexibility index (Phi) is 5.25. The number of hydrogen-bond donors (Lipinski definition) is 1. The van der Waals surface area contributed by atoms with Gasteiger partial charge < -0.3 is 14.2 Å². The molecule has 4 aromatic rings. The molecule has 1 saturated heterocycles. The molecule has 0 spiro atoms. The fourth-order valence-electron chi connectivity index (χ4n) is 4.62. The molecule has 1 fully saturated rings. The van der Waals surface area contributed by atoms with Crippen molar-refractivity contribution in [3.05, 3.63) is 60.7 Å². The fourth-order valence-corrected chi connectivity index (χ4v) is 5.69. The van der Waals surface area contributed by atoms with Crippen LogP contribution in [-0.4, -0.2) is 32.5 Å². The van der Waals surface area contributed by atoms with Gasteiger partial charge in [-0.2, -0.15) is 0 Å². The van der Waals surface area contributed by atoms with Gasteiger partial charge in [-0.25, -0.2) is 8.42 Å². The third-order valence-corrected chi connectivity index (χ3v) is 7.54. The second-order valence-corrected chi connectivity index (χ2v) is 9.76. The van der Waals surface area contributed by atoms with Crippen molar-refractivity contribution in [1.29, 1.82) is 0 Å². The first kappa shape index (κ1) is 21.3. The van der Waals surface area contributed by atoms with Crippen LogP contribution in [-0.2, 0) is 21.4 Å². The average Bonchev–Trinajstić information content (AvgIpc) is 3.38. The van der Waals surface area contributed by atoms with Crippen molar-refractivity contribution in [3.8, 4) is 5.75 Å². The minimum Gasteiger partial charge on any atom is -0.495 e. The zero-order chi connectivity index (χ0) is 23.2. The average molecular weight is 464 g/mol. The predicted octanol–water partition coefficient (Wildman–Crippen LogP) is 4.75. The number of amides is 1. The molecule has 0 saturated carbocycles. The molecule has 0 aliphatic carbocycles. The van der Waals surface area contributed by atoms with Gasteiger partial charge >= 0.3 is 0 Å². The number of aromatic nitrogens is 1. The van der Waals surface area contributed by atoms with Gasteiger partial charge in [0.2, 0.25) is 5.91 Å². The van der Waals surface area contributed by atoms with E-state index < -0.39 is 10.0 Å². The largest absolute Gasteiger partial charge is 0.495 e. The molecule has 5 rings (SSSR count). The summed E-state index contributed by atoms with van der Waals surface area (Å²) in [5, 5.41) is 2.07. The molecule has 0 unspecified atom stereocenters. The number of nitrogens with one attached hydrogen (secondary N) is 1. The minimum atomic E-state index is -3.88. The van der Waals surface area contributed by atoms with E-state index in [4.69, 9.17) is 4.74 Å². The summed E-state index contributed by atoms with van der Waals surface area (Å²) < 4.78 is 36.8. The van der Waals surface area contributed by atoms with Gasteiger partial charge in [0, 0.05) is 47.0 Å². The summed E-state index contributed by atoms with van der Waals surface area (Å²) in [6.45, 7) is 3.46. The summed E-state index contributed by atoms with van der Waals surface area (Å²) in [7, 11) is -2.37. The molecule has 1 N–H and O–H groups in total. The van der Waals surface area contributed by atoms with Crippen molar-refractivity contribution < 1.29 is 17.9 Å². The minimum absolute atomic E-state index is 0.0337. The molecular weight excluding hydrogens is 438 g/mol. The number of benzene rings is 3. The number of methoxy groups -OCH3 is 1. The normalized spacial score (nSPS) is 14.4. The molecule has 1 aromatic heterocycles. The van der Waals surface area contributed by atoms with E-state index in [9.17, 15) is 13.2 Å². The van der Waals surface area contributed by atoms with Gasteiger partial charge in [-0.05, 0) is 55.8 Å². The Morgan fingerprint density at radius 1 is 1.00 bits per heavy atom. The van der Waals surface area contributed by atoms with E-state index in [2.05, 4.69) is 22.3 Å². The Bertz CT molecular complexity index is 1490. The SMILES string of the molecule is CCn1c2ccccc2c2cc(NS(=O)(=O)c3ccc(OC)c(N4CCCC4=O)c3)ccc21. The van der Waals surface area contributed by atoms with E-state index >= 15 is 0 Å². The highest BCUT2D eigenvalue weighted by atomic mass is 32.2. The summed E-state index contributed by atoms with van der Waals surface area (Å²) >= 11 is 0. The van der Waals surface area contributed by atoms with Crippen molar-refractivity contribution in [1.82, 2.24) is 4.57 Å². The van der Waals surface area contributed by atoms with Crippen molar-refractivity contribution in [2.45, 2.75) is 31.2 Å². The quantitative estimate of drug-likeness (QED) is 0.447. The van der Waals surface area contributed by atoms with Crippen molar-refractivity contribution >= 4 is 49.1 Å². The van der Waals surface area contributed by atoms with Crippen molar-refractivity contribution in [2.75, 3.05) is 23.3 Å². The van der Waals surface area contributed by atoms with E-state index in [1.807, 2.05) is 30.3 Å². The van der Waals surface area contributed by atoms with Gasteiger partial charge in [-0.15, -0.1) is 0 Å². The second kappa shape index (κ2) is 8.12. The summed E-state index contributed by atoms with van der Waals surface area (Å²) in [6.07, 6.45) is 1.19. The van der Waals surface area contributed by atoms with Crippen molar-refractivity contribution in [3.63, 3.8) is 0 Å². The number of aryl methyl sites for hydroxylation is 1. The number of sulfonamides is 1. The third kappa shape index (κ3) is 3.60. The van der Waals surface area contributed by atoms with Crippen LogP contribution in [0.3, 0.4) is 0 Å². The molecule has 8 heteroatoms. The van der Waals surface area contributed by atoms with Crippen LogP contribution in [0.15, 0.2) is 65.6 Å². The molecule has 1 amide bonds. The number of rotatable bonds is 6. The van der Waals surface area contributed by atoms with E-state index in [0.29, 0.717) is 30.1 Å². The molecule has 1 aliphatic heterocycles. The first-order valence-corrected chi connectivity index (χ1v) is 12.4. The molecule has 0 bridgehead atoms. The number of fused-ring (bicyclic) bond motifs is 3. The van der Waals surface area contributed by atoms with Crippen LogP contribution in [0, 0.1) is 0 Å². The summed E-state index contributed by atoms with van der Waals surface area (Å²) in [4.78, 5) is 13.9. The van der Waals surface area contributed by atoms with E-state index in [0.717, 1.165) is 34.8 Å². The molecule has 7 nitrogen and oxygen atoms in total. The van der Waals surface area contributed by atoms with Crippen molar-refractivity contribution in [2.24, 2.45) is 0 Å². The Morgan fingerprint density at radius 3 is 2.52 bits per heavy atom. The first-order valence-electron chi connectivity index (χ1n) is 10.9. The van der Waals surface area contributed by atoms with Crippen LogP contribution >= 0.6 is 0 Å². The number of carbonyl (C=O) groups is 1. The van der Waals surface area contributed by atoms with Gasteiger partial charge in [0.25, 0.3) is 10.0 Å². The number of anilines is 2. The number of para-hydroxylation sites is 1. The molecule has 33 heavy (non-hydrogen) atoms. The molecule has 1 aliphatic rings. The second-order valence-electron chi connectivity index (χ2n) is 8.08. The number of carbonyl (C=O) groups excluding carboxylic acids is 1. The van der Waals surface area contributed by atoms with Crippen LogP contribution in [0.1, 0.15) is 19.8 Å². The van der Waals surface area contributed by atoms with Crippen LogP contribution in [0.25, 0.3) is 21.8 Å². The summed E-state index contributed by atoms with van der Waals surface area (Å²) in [6, 6.07) is 18.3. The lowest BCUT2D eigenvalue weighted by Crippen LogP contribution is -2.24. The number of hydrogen-bond acceptors (Lipinski definition) is 4. The maximum absolute atomic E-state index is 13.3. The van der Waals surface area contributed by atoms with Gasteiger partial charge in [-0.1, -0.05) is 18.2 Å². The lowest BCUT2D eigenvalue weighted by atomic mass is 10.1. The van der Waals surface area contributed by atoms with Gasteiger partial charge in [0.05, 0.1) is 17.7 Å². The molecular formula is C25H25N3O4S. The van der Waals surface area contributed by atoms with Crippen LogP contribution in [0.4, 0.5) is 11.4 Å². The van der Waals surface area contributed by atoms with E-state index in [1.54, 1.807) is 17.0 Å². The summed E-state index contributed by atoms with van der Waals surface area (Å²) in [5.74, 6) is 0.437. The fraction of sp³-hybridized carbons (Fsp3) is 0.240. The predicted molar refractivity (Wildman–Crippen MR) is 131 cm³/mol. The molecule has 0 atom stereocenters. The Hall–Kier alpha value is -3.52. The van der Waals surface area contributed by atoms with Gasteiger partial charge in [0.1, 0.15) is 5.75 Å². The number of nitrogens with zero attached hydrogens (tertiary/aromatic N) is 2. The molecule has 0 radical (unpaired) electrons. The van der Waals surface area contributed by atoms with E-state index in [1.165, 1.54) is 19.2 Å². The Labute approximate surface area is 192 Å². The maximum Gasteiger partial charge on any atom is 0.261 e. The highest BCUT2D eigenvalue weighted by Gasteiger charge is 2.26. The highest BCUT2D eigenvalue weighted by Crippen LogP contribution is 2.35. The topological polar surface area (TPSA) is 80.6 Å². The van der Waals surface area contributed by atoms with Crippen LogP contribution < -0.4 is 14.4 Å². The van der Waals surface area contributed by atoms with Gasteiger partial charge in [0.15, 0.2) is 0 Å². The standard InChI is InChI=1S/C25H25N3O4S/c1-3-27-21-8-5-4-7-19(21)20-15-17(10-12-22(20)27)26-33(30,31)18-11-13-24(32-2)23(16-18)28-14-6-9-25(28)29/h4-5,7-8,10-13,15-16,26H,3,6,9,14H2,1-2H3. The van der Waals surface area contributed by atoms with Crippen LogP contribution in [0.5, 0.6) is 5.75 Å². The first-order chi connectivity index (χ1) is 15.9. The molecule has 2 heterocycles.